The minimum absolute atomic E-state index is 0.0179. The molecule has 1 aromatic heterocycles. The summed E-state index contributed by atoms with van der Waals surface area (Å²) in [6.07, 6.45) is 1.91. The van der Waals surface area contributed by atoms with Gasteiger partial charge in [0.2, 0.25) is 0 Å². The molecule has 1 heterocycles. The van der Waals surface area contributed by atoms with Gasteiger partial charge in [0.1, 0.15) is 5.69 Å². The van der Waals surface area contributed by atoms with E-state index in [1.54, 1.807) is 11.6 Å². The second-order valence-corrected chi connectivity index (χ2v) is 3.90. The van der Waals surface area contributed by atoms with Crippen LogP contribution in [0.4, 0.5) is 0 Å². The highest BCUT2D eigenvalue weighted by molar-refractivity contribution is 5.93. The molecule has 0 bridgehead atoms. The molecule has 2 rings (SSSR count). The summed E-state index contributed by atoms with van der Waals surface area (Å²) in [7, 11) is 0. The van der Waals surface area contributed by atoms with Crippen LogP contribution in [0, 0.1) is 6.92 Å². The number of aryl methyl sites for hydroxylation is 1. The molecule has 0 unspecified atom stereocenters. The van der Waals surface area contributed by atoms with Crippen LogP contribution in [0.3, 0.4) is 0 Å². The molecule has 1 aromatic carbocycles. The third kappa shape index (κ3) is 2.19. The van der Waals surface area contributed by atoms with Crippen molar-refractivity contribution in [3.8, 4) is 0 Å². The highest BCUT2D eigenvalue weighted by Crippen LogP contribution is 2.08. The first-order chi connectivity index (χ1) is 7.66. The first-order valence-corrected chi connectivity index (χ1v) is 5.26. The second-order valence-electron chi connectivity index (χ2n) is 3.90. The molecule has 0 saturated heterocycles. The molecule has 0 saturated carbocycles. The van der Waals surface area contributed by atoms with Gasteiger partial charge in [-0.05, 0) is 18.1 Å². The number of benzene rings is 1. The van der Waals surface area contributed by atoms with Gasteiger partial charge in [0.05, 0.1) is 6.54 Å². The summed E-state index contributed by atoms with van der Waals surface area (Å²) in [5, 5.41) is 4.27. The Bertz CT molecular complexity index is 500. The van der Waals surface area contributed by atoms with Gasteiger partial charge in [0.15, 0.2) is 5.78 Å². The molecule has 0 aliphatic rings. The smallest absolute Gasteiger partial charge is 0.180 e. The van der Waals surface area contributed by atoms with E-state index in [1.165, 1.54) is 5.56 Å². The molecule has 0 atom stereocenters. The van der Waals surface area contributed by atoms with E-state index in [4.69, 9.17) is 0 Å². The van der Waals surface area contributed by atoms with Gasteiger partial charge in [-0.25, -0.2) is 0 Å². The number of aromatic nitrogens is 2. The van der Waals surface area contributed by atoms with E-state index >= 15 is 0 Å². The van der Waals surface area contributed by atoms with E-state index < -0.39 is 0 Å². The highest BCUT2D eigenvalue weighted by Gasteiger charge is 2.09. The van der Waals surface area contributed by atoms with Gasteiger partial charge in [0.25, 0.3) is 0 Å². The quantitative estimate of drug-likeness (QED) is 0.735. The summed E-state index contributed by atoms with van der Waals surface area (Å²) in [4.78, 5) is 11.3. The van der Waals surface area contributed by atoms with Gasteiger partial charge in [-0.3, -0.25) is 9.48 Å². The lowest BCUT2D eigenvalue weighted by atomic mass is 10.2. The van der Waals surface area contributed by atoms with Crippen LogP contribution >= 0.6 is 0 Å². The van der Waals surface area contributed by atoms with Crippen molar-refractivity contribution in [2.75, 3.05) is 0 Å². The Morgan fingerprint density at radius 3 is 2.56 bits per heavy atom. The molecule has 16 heavy (non-hydrogen) atoms. The monoisotopic (exact) mass is 214 g/mol. The fraction of sp³-hybridized carbons (Fsp3) is 0.231. The standard InChI is InChI=1S/C13H14N2O/c1-10-8-15(14-13(10)11(2)16)9-12-6-4-3-5-7-12/h3-8H,9H2,1-2H3. The predicted octanol–water partition coefficient (Wildman–Crippen LogP) is 2.44. The summed E-state index contributed by atoms with van der Waals surface area (Å²) in [6, 6.07) is 10.1. The first kappa shape index (κ1) is 10.6. The highest BCUT2D eigenvalue weighted by atomic mass is 16.1. The lowest BCUT2D eigenvalue weighted by Crippen LogP contribution is -2.02. The minimum atomic E-state index is 0.0179. The van der Waals surface area contributed by atoms with Crippen molar-refractivity contribution in [3.63, 3.8) is 0 Å². The van der Waals surface area contributed by atoms with E-state index in [0.29, 0.717) is 12.2 Å². The first-order valence-electron chi connectivity index (χ1n) is 5.26. The number of nitrogens with zero attached hydrogens (tertiary/aromatic N) is 2. The molecule has 0 aliphatic carbocycles. The summed E-state index contributed by atoms with van der Waals surface area (Å²) in [6.45, 7) is 4.16. The average molecular weight is 214 g/mol. The molecule has 0 spiro atoms. The molecule has 3 heteroatoms. The Morgan fingerprint density at radius 1 is 1.31 bits per heavy atom. The summed E-state index contributed by atoms with van der Waals surface area (Å²) < 4.78 is 1.81. The topological polar surface area (TPSA) is 34.9 Å². The minimum Gasteiger partial charge on any atom is -0.293 e. The van der Waals surface area contributed by atoms with Crippen molar-refractivity contribution in [3.05, 3.63) is 53.3 Å². The van der Waals surface area contributed by atoms with Gasteiger partial charge >= 0.3 is 0 Å². The Balaban J connectivity index is 2.23. The largest absolute Gasteiger partial charge is 0.293 e. The van der Waals surface area contributed by atoms with Gasteiger partial charge in [-0.15, -0.1) is 0 Å². The maximum Gasteiger partial charge on any atom is 0.180 e. The van der Waals surface area contributed by atoms with Crippen LogP contribution in [-0.4, -0.2) is 15.6 Å². The number of carbonyl (C=O) groups excluding carboxylic acids is 1. The lowest BCUT2D eigenvalue weighted by Gasteiger charge is -2.00. The van der Waals surface area contributed by atoms with Crippen LogP contribution in [-0.2, 0) is 6.54 Å². The Morgan fingerprint density at radius 2 is 2.00 bits per heavy atom. The van der Waals surface area contributed by atoms with Crippen LogP contribution in [0.15, 0.2) is 36.5 Å². The molecule has 82 valence electrons. The zero-order valence-electron chi connectivity index (χ0n) is 9.47. The predicted molar refractivity (Wildman–Crippen MR) is 62.5 cm³/mol. The number of ketones is 1. The van der Waals surface area contributed by atoms with Gasteiger partial charge in [-0.1, -0.05) is 30.3 Å². The van der Waals surface area contributed by atoms with Crippen molar-refractivity contribution in [1.82, 2.24) is 9.78 Å². The van der Waals surface area contributed by atoms with E-state index in [9.17, 15) is 4.79 Å². The maximum absolute atomic E-state index is 11.3. The Hall–Kier alpha value is -1.90. The van der Waals surface area contributed by atoms with Crippen LogP contribution < -0.4 is 0 Å². The zero-order valence-corrected chi connectivity index (χ0v) is 9.47. The van der Waals surface area contributed by atoms with Crippen molar-refractivity contribution >= 4 is 5.78 Å². The van der Waals surface area contributed by atoms with Crippen molar-refractivity contribution in [1.29, 1.82) is 0 Å². The number of hydrogen-bond donors (Lipinski definition) is 0. The average Bonchev–Trinajstić information content (AvgIpc) is 2.61. The van der Waals surface area contributed by atoms with Crippen molar-refractivity contribution in [2.45, 2.75) is 20.4 Å². The summed E-state index contributed by atoms with van der Waals surface area (Å²) >= 11 is 0. The van der Waals surface area contributed by atoms with Crippen molar-refractivity contribution in [2.24, 2.45) is 0 Å². The molecule has 0 aliphatic heterocycles. The Labute approximate surface area is 94.7 Å². The normalized spacial score (nSPS) is 10.4. The fourth-order valence-electron chi connectivity index (χ4n) is 1.72. The number of rotatable bonds is 3. The van der Waals surface area contributed by atoms with Gasteiger partial charge in [-0.2, -0.15) is 5.10 Å². The van der Waals surface area contributed by atoms with E-state index in [1.807, 2.05) is 43.5 Å². The maximum atomic E-state index is 11.3. The van der Waals surface area contributed by atoms with Crippen molar-refractivity contribution < 1.29 is 4.79 Å². The van der Waals surface area contributed by atoms with Crippen LogP contribution in [0.2, 0.25) is 0 Å². The van der Waals surface area contributed by atoms with E-state index in [2.05, 4.69) is 5.10 Å². The second kappa shape index (κ2) is 4.31. The molecular formula is C13H14N2O. The molecule has 0 N–H and O–H groups in total. The summed E-state index contributed by atoms with van der Waals surface area (Å²) in [5.41, 5.74) is 2.68. The van der Waals surface area contributed by atoms with Crippen LogP contribution in [0.25, 0.3) is 0 Å². The molecule has 0 radical (unpaired) electrons. The van der Waals surface area contributed by atoms with Crippen LogP contribution in [0.1, 0.15) is 28.5 Å². The lowest BCUT2D eigenvalue weighted by molar-refractivity contribution is 0.101. The number of carbonyl (C=O) groups is 1. The van der Waals surface area contributed by atoms with E-state index in [-0.39, 0.29) is 5.78 Å². The molecular weight excluding hydrogens is 200 g/mol. The fourth-order valence-corrected chi connectivity index (χ4v) is 1.72. The van der Waals surface area contributed by atoms with Gasteiger partial charge in [0, 0.05) is 13.1 Å². The zero-order chi connectivity index (χ0) is 11.5. The molecule has 3 nitrogen and oxygen atoms in total. The molecule has 2 aromatic rings. The number of hydrogen-bond acceptors (Lipinski definition) is 2. The third-order valence-corrected chi connectivity index (χ3v) is 2.47. The summed E-state index contributed by atoms with van der Waals surface area (Å²) in [5.74, 6) is 0.0179. The van der Waals surface area contributed by atoms with Crippen LogP contribution in [0.5, 0.6) is 0 Å². The molecule has 0 amide bonds. The SMILES string of the molecule is CC(=O)c1nn(Cc2ccccc2)cc1C. The van der Waals surface area contributed by atoms with Gasteiger partial charge < -0.3 is 0 Å². The Kier molecular flexibility index (Phi) is 2.86. The van der Waals surface area contributed by atoms with E-state index in [0.717, 1.165) is 5.56 Å². The number of Topliss-reactive ketones (excluding diaryl/α,β-unsaturated/α-hetero) is 1. The molecule has 0 fully saturated rings. The third-order valence-electron chi connectivity index (χ3n) is 2.47.